The molecule has 2 rings (SSSR count). The van der Waals surface area contributed by atoms with Crippen molar-refractivity contribution in [3.8, 4) is 0 Å². The van der Waals surface area contributed by atoms with Crippen LogP contribution in [-0.2, 0) is 11.2 Å². The van der Waals surface area contributed by atoms with Gasteiger partial charge in [-0.1, -0.05) is 48.5 Å². The number of aryl methyl sites for hydroxylation is 1. The maximum Gasteiger partial charge on any atom is 0.0548 e. The largest absolute Gasteiger partial charge is 0.549 e. The third-order valence-corrected chi connectivity index (χ3v) is 4.32. The minimum Gasteiger partial charge on any atom is -0.549 e. The number of carboxylic acids is 1. The highest BCUT2D eigenvalue weighted by Crippen LogP contribution is 2.26. The minimum absolute atomic E-state index is 0.485. The van der Waals surface area contributed by atoms with Gasteiger partial charge in [0.25, 0.3) is 0 Å². The fraction of sp³-hybridized carbons (Fsp3) is 0.235. The van der Waals surface area contributed by atoms with Crippen molar-refractivity contribution >= 4 is 17.7 Å². The predicted octanol–water partition coefficient (Wildman–Crippen LogP) is 2.92. The standard InChI is InChI=1S/C17H18O2S/c18-17(19)16(20-15-11-5-2-6-12-15)13-7-10-14-8-3-1-4-9-14/h1-6,8-9,11-12,16H,7,10,13H2,(H,18,19)/p-1. The maximum atomic E-state index is 11.2. The molecule has 0 N–H and O–H groups in total. The van der Waals surface area contributed by atoms with Crippen LogP contribution in [0.1, 0.15) is 18.4 Å². The summed E-state index contributed by atoms with van der Waals surface area (Å²) in [5.41, 5.74) is 1.24. The molecule has 1 unspecified atom stereocenters. The normalized spacial score (nSPS) is 12.0. The van der Waals surface area contributed by atoms with Crippen molar-refractivity contribution < 1.29 is 9.90 Å². The molecule has 2 aromatic rings. The van der Waals surface area contributed by atoms with Crippen LogP contribution < -0.4 is 5.11 Å². The smallest absolute Gasteiger partial charge is 0.0548 e. The maximum absolute atomic E-state index is 11.2. The van der Waals surface area contributed by atoms with E-state index in [-0.39, 0.29) is 0 Å². The van der Waals surface area contributed by atoms with E-state index in [0.29, 0.717) is 6.42 Å². The van der Waals surface area contributed by atoms with Crippen LogP contribution in [0.5, 0.6) is 0 Å². The van der Waals surface area contributed by atoms with Gasteiger partial charge in [-0.25, -0.2) is 0 Å². The average molecular weight is 285 g/mol. The van der Waals surface area contributed by atoms with Crippen LogP contribution in [0.4, 0.5) is 0 Å². The van der Waals surface area contributed by atoms with Gasteiger partial charge in [0.05, 0.1) is 5.97 Å². The highest BCUT2D eigenvalue weighted by Gasteiger charge is 2.11. The van der Waals surface area contributed by atoms with Crippen molar-refractivity contribution in [2.45, 2.75) is 29.4 Å². The van der Waals surface area contributed by atoms with Crippen LogP contribution in [0.3, 0.4) is 0 Å². The Morgan fingerprint density at radius 3 is 2.20 bits per heavy atom. The molecule has 104 valence electrons. The molecule has 20 heavy (non-hydrogen) atoms. The number of thioether (sulfide) groups is 1. The van der Waals surface area contributed by atoms with E-state index in [1.54, 1.807) is 0 Å². The van der Waals surface area contributed by atoms with E-state index in [1.165, 1.54) is 17.3 Å². The molecule has 0 aliphatic rings. The molecule has 1 atom stereocenters. The van der Waals surface area contributed by atoms with Crippen LogP contribution in [0, 0.1) is 0 Å². The molecular weight excluding hydrogens is 268 g/mol. The van der Waals surface area contributed by atoms with E-state index < -0.39 is 11.2 Å². The summed E-state index contributed by atoms with van der Waals surface area (Å²) in [4.78, 5) is 12.2. The lowest BCUT2D eigenvalue weighted by molar-refractivity contribution is -0.304. The van der Waals surface area contributed by atoms with E-state index in [0.717, 1.165) is 17.7 Å². The van der Waals surface area contributed by atoms with Gasteiger partial charge in [0.1, 0.15) is 0 Å². The Bertz CT molecular complexity index is 525. The highest BCUT2D eigenvalue weighted by molar-refractivity contribution is 8.00. The summed E-state index contributed by atoms with van der Waals surface area (Å²) in [5, 5.41) is 10.7. The van der Waals surface area contributed by atoms with Gasteiger partial charge in [-0.15, -0.1) is 11.8 Å². The zero-order chi connectivity index (χ0) is 14.2. The van der Waals surface area contributed by atoms with Gasteiger partial charge in [0.2, 0.25) is 0 Å². The zero-order valence-corrected chi connectivity index (χ0v) is 12.0. The number of rotatable bonds is 7. The van der Waals surface area contributed by atoms with Crippen molar-refractivity contribution in [2.24, 2.45) is 0 Å². The van der Waals surface area contributed by atoms with Gasteiger partial charge in [-0.05, 0) is 37.0 Å². The molecular formula is C17H17O2S-. The van der Waals surface area contributed by atoms with E-state index in [2.05, 4.69) is 12.1 Å². The summed E-state index contributed by atoms with van der Waals surface area (Å²) < 4.78 is 0. The number of carbonyl (C=O) groups excluding carboxylic acids is 1. The van der Waals surface area contributed by atoms with Gasteiger partial charge < -0.3 is 9.90 Å². The third kappa shape index (κ3) is 4.74. The first-order valence-electron chi connectivity index (χ1n) is 6.72. The Morgan fingerprint density at radius 1 is 1.00 bits per heavy atom. The summed E-state index contributed by atoms with van der Waals surface area (Å²) in [6.07, 6.45) is 2.37. The third-order valence-electron chi connectivity index (χ3n) is 3.06. The molecule has 0 heterocycles. The van der Waals surface area contributed by atoms with E-state index in [4.69, 9.17) is 0 Å². The van der Waals surface area contributed by atoms with Crippen LogP contribution in [0.25, 0.3) is 0 Å². The number of aliphatic carboxylic acids is 1. The van der Waals surface area contributed by atoms with Crippen molar-refractivity contribution in [3.63, 3.8) is 0 Å². The monoisotopic (exact) mass is 285 g/mol. The van der Waals surface area contributed by atoms with Crippen molar-refractivity contribution in [3.05, 3.63) is 66.2 Å². The quantitative estimate of drug-likeness (QED) is 0.734. The Kier molecular flexibility index (Phi) is 5.69. The minimum atomic E-state index is -0.980. The van der Waals surface area contributed by atoms with Crippen molar-refractivity contribution in [2.75, 3.05) is 0 Å². The summed E-state index contributed by atoms with van der Waals surface area (Å²) in [6, 6.07) is 19.7. The highest BCUT2D eigenvalue weighted by atomic mass is 32.2. The lowest BCUT2D eigenvalue weighted by Gasteiger charge is -2.17. The molecule has 0 aliphatic heterocycles. The number of carboxylic acid groups (broad SMARTS) is 1. The van der Waals surface area contributed by atoms with Crippen LogP contribution in [-0.4, -0.2) is 11.2 Å². The van der Waals surface area contributed by atoms with E-state index in [9.17, 15) is 9.90 Å². The van der Waals surface area contributed by atoms with Gasteiger partial charge in [0, 0.05) is 10.1 Å². The molecule has 0 aromatic heterocycles. The second-order valence-corrected chi connectivity index (χ2v) is 5.89. The molecule has 0 amide bonds. The van der Waals surface area contributed by atoms with E-state index in [1.807, 2.05) is 48.5 Å². The lowest BCUT2D eigenvalue weighted by atomic mass is 10.1. The Labute approximate surface area is 123 Å². The number of hydrogen-bond acceptors (Lipinski definition) is 3. The summed E-state index contributed by atoms with van der Waals surface area (Å²) >= 11 is 1.37. The van der Waals surface area contributed by atoms with Crippen LogP contribution in [0.2, 0.25) is 0 Å². The summed E-state index contributed by atoms with van der Waals surface area (Å²) in [7, 11) is 0. The van der Waals surface area contributed by atoms with Crippen LogP contribution in [0.15, 0.2) is 65.6 Å². The molecule has 0 fully saturated rings. The SMILES string of the molecule is O=C([O-])C(CCCc1ccccc1)Sc1ccccc1. The molecule has 0 spiro atoms. The second kappa shape index (κ2) is 7.75. The Morgan fingerprint density at radius 2 is 1.60 bits per heavy atom. The lowest BCUT2D eigenvalue weighted by Crippen LogP contribution is -2.33. The molecule has 0 saturated carbocycles. The molecule has 0 saturated heterocycles. The van der Waals surface area contributed by atoms with Crippen LogP contribution >= 0.6 is 11.8 Å². The molecule has 0 aliphatic carbocycles. The van der Waals surface area contributed by atoms with Gasteiger partial charge in [-0.2, -0.15) is 0 Å². The van der Waals surface area contributed by atoms with Gasteiger partial charge in [-0.3, -0.25) is 0 Å². The first-order valence-corrected chi connectivity index (χ1v) is 7.60. The second-order valence-electron chi connectivity index (χ2n) is 4.62. The van der Waals surface area contributed by atoms with Crippen molar-refractivity contribution in [1.82, 2.24) is 0 Å². The fourth-order valence-corrected chi connectivity index (χ4v) is 3.05. The molecule has 2 aromatic carbocycles. The van der Waals surface area contributed by atoms with Gasteiger partial charge >= 0.3 is 0 Å². The first kappa shape index (κ1) is 14.7. The first-order chi connectivity index (χ1) is 9.75. The Balaban J connectivity index is 1.85. The number of benzene rings is 2. The fourth-order valence-electron chi connectivity index (χ4n) is 2.02. The predicted molar refractivity (Wildman–Crippen MR) is 80.5 cm³/mol. The molecule has 0 radical (unpaired) electrons. The zero-order valence-electron chi connectivity index (χ0n) is 11.2. The topological polar surface area (TPSA) is 40.1 Å². The number of carbonyl (C=O) groups is 1. The van der Waals surface area contributed by atoms with E-state index >= 15 is 0 Å². The van der Waals surface area contributed by atoms with Gasteiger partial charge in [0.15, 0.2) is 0 Å². The molecule has 2 nitrogen and oxygen atoms in total. The number of hydrogen-bond donors (Lipinski definition) is 0. The van der Waals surface area contributed by atoms with Crippen molar-refractivity contribution in [1.29, 1.82) is 0 Å². The molecule has 0 bridgehead atoms. The molecule has 3 heteroatoms. The summed E-state index contributed by atoms with van der Waals surface area (Å²) in [5.74, 6) is -0.980. The summed E-state index contributed by atoms with van der Waals surface area (Å²) in [6.45, 7) is 0. The average Bonchev–Trinajstić information content (AvgIpc) is 2.48. The Hall–Kier alpha value is -1.74.